The Hall–Kier alpha value is -1.53. The molecule has 2 fully saturated rings. The van der Waals surface area contributed by atoms with Crippen molar-refractivity contribution in [2.45, 2.75) is 51.9 Å². The molecule has 0 radical (unpaired) electrons. The van der Waals surface area contributed by atoms with E-state index in [-0.39, 0.29) is 30.1 Å². The Morgan fingerprint density at radius 3 is 2.87 bits per heavy atom. The first kappa shape index (κ1) is 16.3. The molecule has 0 bridgehead atoms. The normalized spacial score (nSPS) is 30.9. The van der Waals surface area contributed by atoms with Crippen molar-refractivity contribution in [3.8, 4) is 0 Å². The molecule has 1 aromatic rings. The summed E-state index contributed by atoms with van der Waals surface area (Å²) in [4.78, 5) is 12.2. The van der Waals surface area contributed by atoms with E-state index in [0.717, 1.165) is 18.8 Å². The number of amides is 2. The molecule has 0 spiro atoms. The Balaban J connectivity index is 1.54. The topological polar surface area (TPSA) is 83.7 Å². The Kier molecular flexibility index (Phi) is 3.92. The summed E-state index contributed by atoms with van der Waals surface area (Å²) in [6, 6.07) is 3.36. The Bertz CT molecular complexity index is 593. The number of aliphatic hydroxyl groups is 1. The highest BCUT2D eigenvalue weighted by Gasteiger charge is 2.59. The fraction of sp³-hybridized carbons (Fsp3) is 0.706. The van der Waals surface area contributed by atoms with Gasteiger partial charge in [0, 0.05) is 24.0 Å². The summed E-state index contributed by atoms with van der Waals surface area (Å²) in [5.41, 5.74) is -1.29. The van der Waals surface area contributed by atoms with Crippen molar-refractivity contribution in [2.75, 3.05) is 13.2 Å². The number of ether oxygens (including phenoxy) is 1. The van der Waals surface area contributed by atoms with Crippen molar-refractivity contribution in [3.05, 3.63) is 23.7 Å². The zero-order valence-electron chi connectivity index (χ0n) is 14.2. The Morgan fingerprint density at radius 1 is 1.48 bits per heavy atom. The van der Waals surface area contributed by atoms with Crippen molar-refractivity contribution in [1.29, 1.82) is 0 Å². The summed E-state index contributed by atoms with van der Waals surface area (Å²) in [6.45, 7) is 8.53. The lowest BCUT2D eigenvalue weighted by atomic mass is 9.57. The second kappa shape index (κ2) is 5.53. The molecule has 1 saturated carbocycles. The molecule has 128 valence electrons. The standard InChI is InChI=1S/C17H26N2O4/c1-10-5-6-12(23-10)17(4,21)9-18-15(20)19-13-11-7-8-22-14(11)16(13,2)3/h5-6,11,13-14,21H,7-9H2,1-4H3,(H2,18,19,20). The number of fused-ring (bicyclic) bond motifs is 1. The Labute approximate surface area is 136 Å². The first-order chi connectivity index (χ1) is 10.7. The molecule has 1 aromatic heterocycles. The molecule has 2 aliphatic rings. The van der Waals surface area contributed by atoms with Gasteiger partial charge in [-0.3, -0.25) is 0 Å². The summed E-state index contributed by atoms with van der Waals surface area (Å²) >= 11 is 0. The number of nitrogens with one attached hydrogen (secondary N) is 2. The molecular formula is C17H26N2O4. The van der Waals surface area contributed by atoms with Crippen LogP contribution >= 0.6 is 0 Å². The van der Waals surface area contributed by atoms with E-state index in [1.807, 2.05) is 6.92 Å². The lowest BCUT2D eigenvalue weighted by Gasteiger charge is -2.54. The van der Waals surface area contributed by atoms with Gasteiger partial charge >= 0.3 is 6.03 Å². The van der Waals surface area contributed by atoms with Crippen LogP contribution in [0.3, 0.4) is 0 Å². The van der Waals surface area contributed by atoms with Gasteiger partial charge in [0.05, 0.1) is 12.6 Å². The van der Waals surface area contributed by atoms with Crippen LogP contribution < -0.4 is 10.6 Å². The van der Waals surface area contributed by atoms with Gasteiger partial charge in [-0.25, -0.2) is 4.79 Å². The van der Waals surface area contributed by atoms with E-state index in [9.17, 15) is 9.90 Å². The van der Waals surface area contributed by atoms with Gasteiger partial charge in [0.2, 0.25) is 0 Å². The first-order valence-corrected chi connectivity index (χ1v) is 8.17. The van der Waals surface area contributed by atoms with Gasteiger partial charge in [-0.05, 0) is 32.4 Å². The second-order valence-corrected chi connectivity index (χ2v) is 7.55. The van der Waals surface area contributed by atoms with Gasteiger partial charge < -0.3 is 24.9 Å². The third kappa shape index (κ3) is 2.85. The third-order valence-corrected chi connectivity index (χ3v) is 5.25. The predicted octanol–water partition coefficient (Wildman–Crippen LogP) is 1.91. The number of furan rings is 1. The molecule has 4 unspecified atom stereocenters. The second-order valence-electron chi connectivity index (χ2n) is 7.55. The van der Waals surface area contributed by atoms with E-state index in [1.165, 1.54) is 0 Å². The van der Waals surface area contributed by atoms with Crippen LogP contribution in [0.5, 0.6) is 0 Å². The van der Waals surface area contributed by atoms with Crippen molar-refractivity contribution in [1.82, 2.24) is 10.6 Å². The molecule has 2 heterocycles. The summed E-state index contributed by atoms with van der Waals surface area (Å²) in [5.74, 6) is 1.57. The zero-order valence-corrected chi connectivity index (χ0v) is 14.2. The van der Waals surface area contributed by atoms with E-state index in [1.54, 1.807) is 19.1 Å². The van der Waals surface area contributed by atoms with Crippen LogP contribution in [0.2, 0.25) is 0 Å². The highest BCUT2D eigenvalue weighted by molar-refractivity contribution is 5.74. The number of hydrogen-bond donors (Lipinski definition) is 3. The summed E-state index contributed by atoms with van der Waals surface area (Å²) in [5, 5.41) is 16.2. The fourth-order valence-corrected chi connectivity index (χ4v) is 3.87. The van der Waals surface area contributed by atoms with Crippen LogP contribution in [0.15, 0.2) is 16.5 Å². The monoisotopic (exact) mass is 322 g/mol. The number of rotatable bonds is 4. The van der Waals surface area contributed by atoms with Gasteiger partial charge in [0.1, 0.15) is 17.1 Å². The summed E-state index contributed by atoms with van der Waals surface area (Å²) in [6.07, 6.45) is 1.23. The van der Waals surface area contributed by atoms with Gasteiger partial charge in [0.25, 0.3) is 0 Å². The van der Waals surface area contributed by atoms with Gasteiger partial charge in [-0.2, -0.15) is 0 Å². The van der Waals surface area contributed by atoms with Crippen molar-refractivity contribution >= 4 is 6.03 Å². The minimum Gasteiger partial charge on any atom is -0.463 e. The summed E-state index contributed by atoms with van der Waals surface area (Å²) < 4.78 is 11.2. The van der Waals surface area contributed by atoms with Crippen molar-refractivity contribution in [3.63, 3.8) is 0 Å². The number of urea groups is 1. The van der Waals surface area contributed by atoms with Crippen LogP contribution in [0.4, 0.5) is 4.79 Å². The lowest BCUT2D eigenvalue weighted by Crippen LogP contribution is -2.67. The van der Waals surface area contributed by atoms with Crippen molar-refractivity contribution < 1.29 is 19.1 Å². The first-order valence-electron chi connectivity index (χ1n) is 8.17. The van der Waals surface area contributed by atoms with Gasteiger partial charge in [0.15, 0.2) is 0 Å². The van der Waals surface area contributed by atoms with E-state index < -0.39 is 5.60 Å². The van der Waals surface area contributed by atoms with Crippen molar-refractivity contribution in [2.24, 2.45) is 11.3 Å². The maximum atomic E-state index is 12.2. The SMILES string of the molecule is Cc1ccc(C(C)(O)CNC(=O)NC2C3CCOC3C2(C)C)o1. The van der Waals surface area contributed by atoms with Gasteiger partial charge in [-0.1, -0.05) is 13.8 Å². The van der Waals surface area contributed by atoms with E-state index in [2.05, 4.69) is 24.5 Å². The molecular weight excluding hydrogens is 296 g/mol. The highest BCUT2D eigenvalue weighted by atomic mass is 16.5. The van der Waals surface area contributed by atoms with Gasteiger partial charge in [-0.15, -0.1) is 0 Å². The fourth-order valence-electron chi connectivity index (χ4n) is 3.87. The minimum atomic E-state index is -1.24. The van der Waals surface area contributed by atoms with E-state index in [4.69, 9.17) is 9.15 Å². The quantitative estimate of drug-likeness (QED) is 0.790. The number of carbonyl (C=O) groups excluding carboxylic acids is 1. The number of hydrogen-bond acceptors (Lipinski definition) is 4. The molecule has 23 heavy (non-hydrogen) atoms. The van der Waals surface area contributed by atoms with E-state index in [0.29, 0.717) is 11.7 Å². The Morgan fingerprint density at radius 2 is 2.22 bits per heavy atom. The molecule has 1 aliphatic heterocycles. The lowest BCUT2D eigenvalue weighted by molar-refractivity contribution is -0.108. The van der Waals surface area contributed by atoms with E-state index >= 15 is 0 Å². The molecule has 1 saturated heterocycles. The smallest absolute Gasteiger partial charge is 0.315 e. The summed E-state index contributed by atoms with van der Waals surface area (Å²) in [7, 11) is 0. The maximum absolute atomic E-state index is 12.2. The van der Waals surface area contributed by atoms with Crippen LogP contribution in [0.1, 0.15) is 38.7 Å². The highest BCUT2D eigenvalue weighted by Crippen LogP contribution is 2.52. The van der Waals surface area contributed by atoms with Crippen LogP contribution in [0, 0.1) is 18.3 Å². The molecule has 4 atom stereocenters. The van der Waals surface area contributed by atoms with Crippen LogP contribution in [-0.2, 0) is 10.3 Å². The van der Waals surface area contributed by atoms with Crippen LogP contribution in [-0.4, -0.2) is 36.4 Å². The van der Waals surface area contributed by atoms with Crippen LogP contribution in [0.25, 0.3) is 0 Å². The molecule has 3 rings (SSSR count). The molecule has 0 aromatic carbocycles. The number of carbonyl (C=O) groups is 1. The average molecular weight is 322 g/mol. The maximum Gasteiger partial charge on any atom is 0.315 e. The average Bonchev–Trinajstić information content (AvgIpc) is 3.10. The molecule has 1 aliphatic carbocycles. The number of aryl methyl sites for hydroxylation is 1. The zero-order chi connectivity index (χ0) is 16.8. The molecule has 6 nitrogen and oxygen atoms in total. The third-order valence-electron chi connectivity index (χ3n) is 5.25. The molecule has 3 N–H and O–H groups in total. The minimum absolute atomic E-state index is 0.0564. The largest absolute Gasteiger partial charge is 0.463 e. The molecule has 6 heteroatoms. The predicted molar refractivity (Wildman–Crippen MR) is 85.0 cm³/mol. The molecule has 2 amide bonds.